The second-order valence-electron chi connectivity index (χ2n) is 5.77. The summed E-state index contributed by atoms with van der Waals surface area (Å²) in [6.07, 6.45) is 3.50. The number of hydrogen-bond acceptors (Lipinski definition) is 4. The van der Waals surface area contributed by atoms with Crippen molar-refractivity contribution >= 4 is 5.82 Å². The lowest BCUT2D eigenvalue weighted by atomic mass is 10.2. The number of ether oxygens (including phenoxy) is 1. The van der Waals surface area contributed by atoms with Crippen LogP contribution in [0.3, 0.4) is 0 Å². The highest BCUT2D eigenvalue weighted by molar-refractivity contribution is 5.49. The van der Waals surface area contributed by atoms with Gasteiger partial charge in [-0.1, -0.05) is 20.8 Å². The van der Waals surface area contributed by atoms with Crippen molar-refractivity contribution in [3.63, 3.8) is 0 Å². The second-order valence-corrected chi connectivity index (χ2v) is 5.77. The van der Waals surface area contributed by atoms with Crippen LogP contribution < -0.4 is 10.1 Å². The molecule has 2 rings (SSSR count). The van der Waals surface area contributed by atoms with Gasteiger partial charge >= 0.3 is 0 Å². The highest BCUT2D eigenvalue weighted by Gasteiger charge is 2.28. The maximum absolute atomic E-state index is 5.85. The van der Waals surface area contributed by atoms with Gasteiger partial charge in [-0.2, -0.15) is 4.98 Å². The van der Waals surface area contributed by atoms with Crippen molar-refractivity contribution in [2.45, 2.75) is 52.9 Å². The topological polar surface area (TPSA) is 47.0 Å². The van der Waals surface area contributed by atoms with Gasteiger partial charge in [-0.05, 0) is 32.1 Å². The molecule has 0 aromatic carbocycles. The third kappa shape index (κ3) is 3.82. The first kappa shape index (κ1) is 14.1. The van der Waals surface area contributed by atoms with Crippen LogP contribution in [0.15, 0.2) is 0 Å². The summed E-state index contributed by atoms with van der Waals surface area (Å²) in [5, 5.41) is 3.38. The molecule has 1 fully saturated rings. The lowest BCUT2D eigenvalue weighted by molar-refractivity contribution is 0.258. The predicted molar refractivity (Wildman–Crippen MR) is 77.9 cm³/mol. The van der Waals surface area contributed by atoms with Gasteiger partial charge in [0.05, 0.1) is 12.2 Å². The van der Waals surface area contributed by atoms with Gasteiger partial charge in [-0.15, -0.1) is 0 Å². The fraction of sp³-hybridized carbons (Fsp3) is 0.733. The van der Waals surface area contributed by atoms with Crippen molar-refractivity contribution in [2.24, 2.45) is 5.92 Å². The summed E-state index contributed by atoms with van der Waals surface area (Å²) in [6, 6.07) is 0. The fourth-order valence-corrected chi connectivity index (χ4v) is 1.84. The maximum atomic E-state index is 5.85. The Labute approximate surface area is 116 Å². The molecule has 4 heteroatoms. The average molecular weight is 263 g/mol. The molecule has 0 atom stereocenters. The van der Waals surface area contributed by atoms with Crippen molar-refractivity contribution in [3.05, 3.63) is 11.4 Å². The molecule has 0 spiro atoms. The van der Waals surface area contributed by atoms with Crippen molar-refractivity contribution in [2.75, 3.05) is 18.5 Å². The third-order valence-electron chi connectivity index (χ3n) is 3.16. The van der Waals surface area contributed by atoms with Gasteiger partial charge in [0.1, 0.15) is 11.6 Å². The lowest BCUT2D eigenvalue weighted by Gasteiger charge is -2.15. The summed E-state index contributed by atoms with van der Waals surface area (Å²) < 4.78 is 5.85. The van der Waals surface area contributed by atoms with E-state index in [1.54, 1.807) is 0 Å². The van der Waals surface area contributed by atoms with Crippen LogP contribution in [-0.2, 0) is 0 Å². The van der Waals surface area contributed by atoms with Crippen LogP contribution in [0.1, 0.15) is 57.3 Å². The molecule has 1 N–H and O–H groups in total. The maximum Gasteiger partial charge on any atom is 0.221 e. The molecule has 1 aromatic heterocycles. The zero-order valence-electron chi connectivity index (χ0n) is 12.5. The van der Waals surface area contributed by atoms with Crippen LogP contribution in [0.5, 0.6) is 5.88 Å². The zero-order valence-corrected chi connectivity index (χ0v) is 12.5. The molecule has 1 aromatic rings. The van der Waals surface area contributed by atoms with Gasteiger partial charge in [-0.3, -0.25) is 0 Å². The summed E-state index contributed by atoms with van der Waals surface area (Å²) in [6.45, 7) is 10.1. The summed E-state index contributed by atoms with van der Waals surface area (Å²) >= 11 is 0. The SMILES string of the molecule is CCCNc1nc(C2CC2)nc(OCC(C)C)c1C. The van der Waals surface area contributed by atoms with E-state index in [-0.39, 0.29) is 0 Å². The summed E-state index contributed by atoms with van der Waals surface area (Å²) in [5.41, 5.74) is 1.03. The molecular formula is C15H25N3O. The highest BCUT2D eigenvalue weighted by Crippen LogP contribution is 2.40. The summed E-state index contributed by atoms with van der Waals surface area (Å²) in [7, 11) is 0. The first-order valence-corrected chi connectivity index (χ1v) is 7.37. The van der Waals surface area contributed by atoms with Crippen LogP contribution in [0.2, 0.25) is 0 Å². The molecule has 1 heterocycles. The summed E-state index contributed by atoms with van der Waals surface area (Å²) in [4.78, 5) is 9.26. The van der Waals surface area contributed by atoms with Gasteiger partial charge in [0.25, 0.3) is 0 Å². The molecule has 1 aliphatic rings. The van der Waals surface area contributed by atoms with E-state index < -0.39 is 0 Å². The molecule has 0 aliphatic heterocycles. The zero-order chi connectivity index (χ0) is 13.8. The Morgan fingerprint density at radius 1 is 1.32 bits per heavy atom. The van der Waals surface area contributed by atoms with Gasteiger partial charge in [0.2, 0.25) is 5.88 Å². The second kappa shape index (κ2) is 6.22. The molecule has 4 nitrogen and oxygen atoms in total. The van der Waals surface area contributed by atoms with Crippen molar-refractivity contribution in [3.8, 4) is 5.88 Å². The van der Waals surface area contributed by atoms with Crippen LogP contribution >= 0.6 is 0 Å². The summed E-state index contributed by atoms with van der Waals surface area (Å²) in [5.74, 6) is 3.69. The van der Waals surface area contributed by atoms with Crippen LogP contribution in [0.4, 0.5) is 5.82 Å². The van der Waals surface area contributed by atoms with Crippen LogP contribution in [0, 0.1) is 12.8 Å². The largest absolute Gasteiger partial charge is 0.477 e. The Hall–Kier alpha value is -1.32. The average Bonchev–Trinajstić information content (AvgIpc) is 3.20. The van der Waals surface area contributed by atoms with Gasteiger partial charge in [0.15, 0.2) is 0 Å². The molecule has 106 valence electrons. The van der Waals surface area contributed by atoms with E-state index in [9.17, 15) is 0 Å². The first-order valence-electron chi connectivity index (χ1n) is 7.37. The van der Waals surface area contributed by atoms with E-state index in [0.717, 1.165) is 36.1 Å². The first-order chi connectivity index (χ1) is 9.11. The number of aromatic nitrogens is 2. The standard InChI is InChI=1S/C15H25N3O/c1-5-8-16-13-11(4)15(19-9-10(2)3)18-14(17-13)12-6-7-12/h10,12H,5-9H2,1-4H3,(H,16,17,18). The van der Waals surface area contributed by atoms with Crippen molar-refractivity contribution in [1.29, 1.82) is 0 Å². The number of hydrogen-bond donors (Lipinski definition) is 1. The minimum Gasteiger partial charge on any atom is -0.477 e. The highest BCUT2D eigenvalue weighted by atomic mass is 16.5. The van der Waals surface area contributed by atoms with Gasteiger partial charge < -0.3 is 10.1 Å². The molecule has 0 unspecified atom stereocenters. The van der Waals surface area contributed by atoms with Crippen LogP contribution in [-0.4, -0.2) is 23.1 Å². The minimum absolute atomic E-state index is 0.505. The van der Waals surface area contributed by atoms with Gasteiger partial charge in [-0.25, -0.2) is 4.98 Å². The fourth-order valence-electron chi connectivity index (χ4n) is 1.84. The molecule has 19 heavy (non-hydrogen) atoms. The lowest BCUT2D eigenvalue weighted by Crippen LogP contribution is -2.12. The van der Waals surface area contributed by atoms with E-state index in [2.05, 4.69) is 36.1 Å². The molecule has 0 saturated heterocycles. The molecule has 0 amide bonds. The predicted octanol–water partition coefficient (Wildman–Crippen LogP) is 3.52. The number of nitrogens with zero attached hydrogens (tertiary/aromatic N) is 2. The number of nitrogens with one attached hydrogen (secondary N) is 1. The van der Waals surface area contributed by atoms with Gasteiger partial charge in [0, 0.05) is 12.5 Å². The van der Waals surface area contributed by atoms with E-state index in [1.807, 2.05) is 6.92 Å². The van der Waals surface area contributed by atoms with E-state index in [0.29, 0.717) is 18.4 Å². The number of anilines is 1. The third-order valence-corrected chi connectivity index (χ3v) is 3.16. The van der Waals surface area contributed by atoms with Crippen LogP contribution in [0.25, 0.3) is 0 Å². The quantitative estimate of drug-likeness (QED) is 0.817. The molecule has 0 radical (unpaired) electrons. The monoisotopic (exact) mass is 263 g/mol. The van der Waals surface area contributed by atoms with E-state index in [4.69, 9.17) is 4.74 Å². The molecular weight excluding hydrogens is 238 g/mol. The van der Waals surface area contributed by atoms with Crippen molar-refractivity contribution in [1.82, 2.24) is 9.97 Å². The molecule has 1 saturated carbocycles. The Kier molecular flexibility index (Phi) is 4.61. The minimum atomic E-state index is 0.505. The normalized spacial score (nSPS) is 14.8. The Balaban J connectivity index is 2.20. The van der Waals surface area contributed by atoms with Crippen molar-refractivity contribution < 1.29 is 4.74 Å². The number of rotatable bonds is 7. The smallest absolute Gasteiger partial charge is 0.221 e. The molecule has 1 aliphatic carbocycles. The van der Waals surface area contributed by atoms with E-state index >= 15 is 0 Å². The van der Waals surface area contributed by atoms with E-state index in [1.165, 1.54) is 12.8 Å². The Morgan fingerprint density at radius 3 is 2.63 bits per heavy atom. The Morgan fingerprint density at radius 2 is 2.05 bits per heavy atom. The molecule has 0 bridgehead atoms. The Bertz CT molecular complexity index is 428.